The van der Waals surface area contributed by atoms with E-state index in [1.807, 2.05) is 0 Å². The van der Waals surface area contributed by atoms with E-state index in [-0.39, 0.29) is 18.3 Å². The molecule has 0 aliphatic rings. The second kappa shape index (κ2) is 5.96. The van der Waals surface area contributed by atoms with Crippen molar-refractivity contribution in [1.82, 2.24) is 4.57 Å². The van der Waals surface area contributed by atoms with E-state index in [0.29, 0.717) is 22.5 Å². The standard InChI is InChI=1S/C16H13FN2O4/c1-19-13-8-11(4-7-14(13)23-16(19)21)18-15(20)9-22-12-5-2-10(17)3-6-12/h2-8H,9H2,1H3,(H,18,20). The fraction of sp³-hybridized carbons (Fsp3) is 0.125. The topological polar surface area (TPSA) is 73.5 Å². The molecule has 1 heterocycles. The highest BCUT2D eigenvalue weighted by atomic mass is 19.1. The fourth-order valence-electron chi connectivity index (χ4n) is 2.08. The van der Waals surface area contributed by atoms with Crippen molar-refractivity contribution in [3.05, 3.63) is 58.8 Å². The molecule has 1 amide bonds. The predicted octanol–water partition coefficient (Wildman–Crippen LogP) is 2.29. The minimum atomic E-state index is -0.469. The van der Waals surface area contributed by atoms with Gasteiger partial charge in [-0.25, -0.2) is 9.18 Å². The van der Waals surface area contributed by atoms with Gasteiger partial charge < -0.3 is 14.5 Å². The molecular weight excluding hydrogens is 303 g/mol. The molecule has 0 saturated carbocycles. The first-order valence-corrected chi connectivity index (χ1v) is 6.81. The molecular formula is C16H13FN2O4. The average molecular weight is 316 g/mol. The van der Waals surface area contributed by atoms with Crippen molar-refractivity contribution in [2.24, 2.45) is 7.05 Å². The molecule has 6 nitrogen and oxygen atoms in total. The van der Waals surface area contributed by atoms with Crippen molar-refractivity contribution in [1.29, 1.82) is 0 Å². The smallest absolute Gasteiger partial charge is 0.419 e. The summed E-state index contributed by atoms with van der Waals surface area (Å²) in [6, 6.07) is 10.2. The molecule has 0 fully saturated rings. The number of nitrogens with one attached hydrogen (secondary N) is 1. The minimum Gasteiger partial charge on any atom is -0.484 e. The highest BCUT2D eigenvalue weighted by molar-refractivity contribution is 5.93. The number of rotatable bonds is 4. The molecule has 118 valence electrons. The molecule has 0 saturated heterocycles. The number of carbonyl (C=O) groups excluding carboxylic acids is 1. The molecule has 0 aliphatic carbocycles. The van der Waals surface area contributed by atoms with Crippen molar-refractivity contribution >= 4 is 22.7 Å². The third-order valence-electron chi connectivity index (χ3n) is 3.26. The number of ether oxygens (including phenoxy) is 1. The van der Waals surface area contributed by atoms with Gasteiger partial charge in [0.2, 0.25) is 0 Å². The summed E-state index contributed by atoms with van der Waals surface area (Å²) in [6.07, 6.45) is 0. The number of fused-ring (bicyclic) bond motifs is 1. The molecule has 0 radical (unpaired) electrons. The molecule has 3 aromatic rings. The molecule has 3 rings (SSSR count). The number of aryl methyl sites for hydroxylation is 1. The van der Waals surface area contributed by atoms with Gasteiger partial charge in [-0.05, 0) is 42.5 Å². The Labute approximate surface area is 130 Å². The molecule has 1 aromatic heterocycles. The van der Waals surface area contributed by atoms with Crippen molar-refractivity contribution in [2.45, 2.75) is 0 Å². The van der Waals surface area contributed by atoms with Gasteiger partial charge in [0.05, 0.1) is 5.52 Å². The van der Waals surface area contributed by atoms with Crippen LogP contribution in [0.25, 0.3) is 11.1 Å². The maximum atomic E-state index is 12.8. The van der Waals surface area contributed by atoms with Crippen LogP contribution in [0, 0.1) is 5.82 Å². The molecule has 23 heavy (non-hydrogen) atoms. The molecule has 0 unspecified atom stereocenters. The zero-order valence-corrected chi connectivity index (χ0v) is 12.2. The summed E-state index contributed by atoms with van der Waals surface area (Å²) in [5, 5.41) is 2.66. The SMILES string of the molecule is Cn1c(=O)oc2ccc(NC(=O)COc3ccc(F)cc3)cc21. The largest absolute Gasteiger partial charge is 0.484 e. The van der Waals surface area contributed by atoms with Crippen LogP contribution in [-0.2, 0) is 11.8 Å². The quantitative estimate of drug-likeness (QED) is 0.801. The van der Waals surface area contributed by atoms with Gasteiger partial charge in [0.25, 0.3) is 5.91 Å². The van der Waals surface area contributed by atoms with Gasteiger partial charge in [0.15, 0.2) is 12.2 Å². The van der Waals surface area contributed by atoms with Gasteiger partial charge in [0, 0.05) is 12.7 Å². The van der Waals surface area contributed by atoms with E-state index in [4.69, 9.17) is 9.15 Å². The van der Waals surface area contributed by atoms with Crippen LogP contribution in [0.2, 0.25) is 0 Å². The number of nitrogens with zero attached hydrogens (tertiary/aromatic N) is 1. The van der Waals surface area contributed by atoms with Crippen LogP contribution in [0.1, 0.15) is 0 Å². The van der Waals surface area contributed by atoms with Gasteiger partial charge in [-0.2, -0.15) is 0 Å². The van der Waals surface area contributed by atoms with E-state index < -0.39 is 5.76 Å². The summed E-state index contributed by atoms with van der Waals surface area (Å²) in [4.78, 5) is 23.3. The van der Waals surface area contributed by atoms with E-state index in [1.54, 1.807) is 25.2 Å². The summed E-state index contributed by atoms with van der Waals surface area (Å²) in [5.74, 6) is -0.819. The lowest BCUT2D eigenvalue weighted by molar-refractivity contribution is -0.118. The lowest BCUT2D eigenvalue weighted by Gasteiger charge is -2.07. The molecule has 0 bridgehead atoms. The summed E-state index contributed by atoms with van der Waals surface area (Å²) in [5.41, 5.74) is 1.53. The number of amides is 1. The maximum absolute atomic E-state index is 12.8. The molecule has 0 spiro atoms. The monoisotopic (exact) mass is 316 g/mol. The van der Waals surface area contributed by atoms with Crippen molar-refractivity contribution in [2.75, 3.05) is 11.9 Å². The molecule has 2 aromatic carbocycles. The summed E-state index contributed by atoms with van der Waals surface area (Å²) in [6.45, 7) is -0.214. The fourth-order valence-corrected chi connectivity index (χ4v) is 2.08. The Bertz CT molecular complexity index is 912. The number of aromatic nitrogens is 1. The number of anilines is 1. The zero-order valence-electron chi connectivity index (χ0n) is 12.2. The Balaban J connectivity index is 1.66. The van der Waals surface area contributed by atoms with Crippen LogP contribution in [0.15, 0.2) is 51.7 Å². The first kappa shape index (κ1) is 14.8. The van der Waals surface area contributed by atoms with Crippen LogP contribution in [0.5, 0.6) is 5.75 Å². The van der Waals surface area contributed by atoms with Crippen LogP contribution >= 0.6 is 0 Å². The Hall–Kier alpha value is -3.09. The Kier molecular flexibility index (Phi) is 3.84. The van der Waals surface area contributed by atoms with E-state index in [2.05, 4.69) is 5.32 Å². The molecule has 7 heteroatoms. The summed E-state index contributed by atoms with van der Waals surface area (Å²) < 4.78 is 24.4. The van der Waals surface area contributed by atoms with E-state index in [0.717, 1.165) is 0 Å². The van der Waals surface area contributed by atoms with Gasteiger partial charge in [-0.15, -0.1) is 0 Å². The number of benzene rings is 2. The summed E-state index contributed by atoms with van der Waals surface area (Å²) in [7, 11) is 1.58. The first-order valence-electron chi connectivity index (χ1n) is 6.81. The Morgan fingerprint density at radius 1 is 1.26 bits per heavy atom. The maximum Gasteiger partial charge on any atom is 0.419 e. The number of oxazole rings is 1. The first-order chi connectivity index (χ1) is 11.0. The number of carbonyl (C=O) groups is 1. The van der Waals surface area contributed by atoms with Crippen LogP contribution < -0.4 is 15.8 Å². The van der Waals surface area contributed by atoms with Crippen LogP contribution in [0.4, 0.5) is 10.1 Å². The Morgan fingerprint density at radius 2 is 2.00 bits per heavy atom. The second-order valence-corrected chi connectivity index (χ2v) is 4.90. The van der Waals surface area contributed by atoms with Crippen molar-refractivity contribution < 1.29 is 18.3 Å². The van der Waals surface area contributed by atoms with E-state index >= 15 is 0 Å². The number of hydrogen-bond acceptors (Lipinski definition) is 4. The predicted molar refractivity (Wildman–Crippen MR) is 82.0 cm³/mol. The molecule has 0 aliphatic heterocycles. The zero-order chi connectivity index (χ0) is 16.4. The molecule has 0 atom stereocenters. The van der Waals surface area contributed by atoms with Gasteiger partial charge in [-0.1, -0.05) is 0 Å². The Morgan fingerprint density at radius 3 is 2.74 bits per heavy atom. The minimum absolute atomic E-state index is 0.214. The third-order valence-corrected chi connectivity index (χ3v) is 3.26. The van der Waals surface area contributed by atoms with Gasteiger partial charge in [-0.3, -0.25) is 9.36 Å². The van der Waals surface area contributed by atoms with E-state index in [9.17, 15) is 14.0 Å². The van der Waals surface area contributed by atoms with Crippen molar-refractivity contribution in [3.8, 4) is 5.75 Å². The number of halogens is 1. The van der Waals surface area contributed by atoms with Gasteiger partial charge >= 0.3 is 5.76 Å². The molecule has 1 N–H and O–H groups in total. The third kappa shape index (κ3) is 3.23. The van der Waals surface area contributed by atoms with Crippen LogP contribution in [-0.4, -0.2) is 17.1 Å². The second-order valence-electron chi connectivity index (χ2n) is 4.90. The highest BCUT2D eigenvalue weighted by Crippen LogP contribution is 2.18. The normalized spacial score (nSPS) is 10.7. The summed E-state index contributed by atoms with van der Waals surface area (Å²) >= 11 is 0. The van der Waals surface area contributed by atoms with Crippen LogP contribution in [0.3, 0.4) is 0 Å². The highest BCUT2D eigenvalue weighted by Gasteiger charge is 2.09. The van der Waals surface area contributed by atoms with E-state index in [1.165, 1.54) is 28.8 Å². The lowest BCUT2D eigenvalue weighted by Crippen LogP contribution is -2.20. The number of hydrogen-bond donors (Lipinski definition) is 1. The van der Waals surface area contributed by atoms with Crippen molar-refractivity contribution in [3.63, 3.8) is 0 Å². The van der Waals surface area contributed by atoms with Gasteiger partial charge in [0.1, 0.15) is 11.6 Å². The average Bonchev–Trinajstić information content (AvgIpc) is 2.82. The lowest BCUT2D eigenvalue weighted by atomic mass is 10.3.